The standard InChI is InChI=1S/C16H16ClF2NO/c1-3-20-16(10-4-6-13(17)14(19)8-10)12-9-11(18)5-7-15(12)21-2/h4-9,16,20H,3H2,1-2H3. The highest BCUT2D eigenvalue weighted by Gasteiger charge is 2.19. The highest BCUT2D eigenvalue weighted by atomic mass is 35.5. The minimum atomic E-state index is -0.507. The van der Waals surface area contributed by atoms with Gasteiger partial charge >= 0.3 is 0 Å². The minimum Gasteiger partial charge on any atom is -0.496 e. The van der Waals surface area contributed by atoms with Gasteiger partial charge in [0.1, 0.15) is 17.4 Å². The van der Waals surface area contributed by atoms with Crippen LogP contribution in [0.25, 0.3) is 0 Å². The second-order valence-electron chi connectivity index (χ2n) is 4.55. The first-order chi connectivity index (χ1) is 10.1. The number of halogens is 3. The third kappa shape index (κ3) is 3.52. The summed E-state index contributed by atoms with van der Waals surface area (Å²) in [6.45, 7) is 2.56. The zero-order chi connectivity index (χ0) is 15.4. The van der Waals surface area contributed by atoms with Crippen molar-refractivity contribution >= 4 is 11.6 Å². The van der Waals surface area contributed by atoms with Crippen molar-refractivity contribution in [2.45, 2.75) is 13.0 Å². The van der Waals surface area contributed by atoms with Crippen molar-refractivity contribution < 1.29 is 13.5 Å². The zero-order valence-electron chi connectivity index (χ0n) is 11.8. The largest absolute Gasteiger partial charge is 0.496 e. The van der Waals surface area contributed by atoms with Gasteiger partial charge < -0.3 is 10.1 Å². The van der Waals surface area contributed by atoms with E-state index in [1.54, 1.807) is 12.1 Å². The number of benzene rings is 2. The van der Waals surface area contributed by atoms with Gasteiger partial charge in [0.2, 0.25) is 0 Å². The highest BCUT2D eigenvalue weighted by Crippen LogP contribution is 2.32. The minimum absolute atomic E-state index is 0.0557. The number of ether oxygens (including phenoxy) is 1. The van der Waals surface area contributed by atoms with Crippen molar-refractivity contribution in [3.05, 3.63) is 64.2 Å². The molecule has 1 atom stereocenters. The van der Waals surface area contributed by atoms with Crippen LogP contribution in [0, 0.1) is 11.6 Å². The Morgan fingerprint density at radius 2 is 1.95 bits per heavy atom. The van der Waals surface area contributed by atoms with E-state index in [9.17, 15) is 8.78 Å². The summed E-state index contributed by atoms with van der Waals surface area (Å²) in [6, 6.07) is 8.44. The van der Waals surface area contributed by atoms with E-state index in [1.807, 2.05) is 6.92 Å². The van der Waals surface area contributed by atoms with Crippen molar-refractivity contribution in [2.24, 2.45) is 0 Å². The first-order valence-electron chi connectivity index (χ1n) is 6.58. The lowest BCUT2D eigenvalue weighted by atomic mass is 9.97. The first kappa shape index (κ1) is 15.7. The third-order valence-corrected chi connectivity index (χ3v) is 3.49. The highest BCUT2D eigenvalue weighted by molar-refractivity contribution is 6.30. The molecule has 2 aromatic carbocycles. The Morgan fingerprint density at radius 3 is 2.57 bits per heavy atom. The van der Waals surface area contributed by atoms with E-state index in [0.717, 1.165) is 0 Å². The fourth-order valence-electron chi connectivity index (χ4n) is 2.23. The van der Waals surface area contributed by atoms with Crippen LogP contribution in [-0.4, -0.2) is 13.7 Å². The lowest BCUT2D eigenvalue weighted by Crippen LogP contribution is -2.22. The topological polar surface area (TPSA) is 21.3 Å². The predicted octanol–water partition coefficient (Wildman–Crippen LogP) is 4.33. The predicted molar refractivity (Wildman–Crippen MR) is 79.9 cm³/mol. The van der Waals surface area contributed by atoms with Gasteiger partial charge in [-0.2, -0.15) is 0 Å². The third-order valence-electron chi connectivity index (χ3n) is 3.19. The molecule has 0 aromatic heterocycles. The molecule has 0 amide bonds. The summed E-state index contributed by atoms with van der Waals surface area (Å²) in [5, 5.41) is 3.26. The molecule has 0 radical (unpaired) electrons. The second kappa shape index (κ2) is 6.87. The van der Waals surface area contributed by atoms with Crippen LogP contribution in [-0.2, 0) is 0 Å². The molecule has 0 fully saturated rings. The molecule has 0 saturated heterocycles. The van der Waals surface area contributed by atoms with Crippen LogP contribution in [0.5, 0.6) is 5.75 Å². The van der Waals surface area contributed by atoms with Crippen molar-refractivity contribution in [3.63, 3.8) is 0 Å². The zero-order valence-corrected chi connectivity index (χ0v) is 12.5. The summed E-state index contributed by atoms with van der Waals surface area (Å²) in [5.41, 5.74) is 1.27. The van der Waals surface area contributed by atoms with Gasteiger partial charge in [-0.3, -0.25) is 0 Å². The Balaban J connectivity index is 2.52. The number of nitrogens with one attached hydrogen (secondary N) is 1. The molecule has 0 spiro atoms. The SMILES string of the molecule is CCNC(c1ccc(Cl)c(F)c1)c1cc(F)ccc1OC. The Kier molecular flexibility index (Phi) is 5.15. The quantitative estimate of drug-likeness (QED) is 0.887. The second-order valence-corrected chi connectivity index (χ2v) is 4.96. The molecule has 2 nitrogen and oxygen atoms in total. The summed E-state index contributed by atoms with van der Waals surface area (Å²) >= 11 is 5.71. The molecule has 0 aliphatic heterocycles. The molecular formula is C16H16ClF2NO. The van der Waals surface area contributed by atoms with Crippen LogP contribution in [0.3, 0.4) is 0 Å². The average molecular weight is 312 g/mol. The lowest BCUT2D eigenvalue weighted by Gasteiger charge is -2.21. The van der Waals surface area contributed by atoms with Gasteiger partial charge in [0.15, 0.2) is 0 Å². The van der Waals surface area contributed by atoms with Crippen LogP contribution < -0.4 is 10.1 Å². The number of methoxy groups -OCH3 is 1. The Hall–Kier alpha value is -1.65. The Morgan fingerprint density at radius 1 is 1.19 bits per heavy atom. The Labute approximate surface area is 127 Å². The van der Waals surface area contributed by atoms with E-state index in [1.165, 1.54) is 31.4 Å². The van der Waals surface area contributed by atoms with E-state index in [0.29, 0.717) is 23.4 Å². The van der Waals surface area contributed by atoms with Gasteiger partial charge in [0, 0.05) is 5.56 Å². The summed E-state index contributed by atoms with van der Waals surface area (Å²) < 4.78 is 32.5. The molecule has 112 valence electrons. The summed E-state index contributed by atoms with van der Waals surface area (Å²) in [7, 11) is 1.52. The molecule has 1 N–H and O–H groups in total. The van der Waals surface area contributed by atoms with Gasteiger partial charge in [0.05, 0.1) is 18.2 Å². The van der Waals surface area contributed by atoms with Crippen molar-refractivity contribution in [2.75, 3.05) is 13.7 Å². The van der Waals surface area contributed by atoms with E-state index < -0.39 is 5.82 Å². The molecule has 0 saturated carbocycles. The summed E-state index contributed by atoms with van der Waals surface area (Å²) in [6.07, 6.45) is 0. The van der Waals surface area contributed by atoms with E-state index in [4.69, 9.17) is 16.3 Å². The number of hydrogen-bond acceptors (Lipinski definition) is 2. The summed E-state index contributed by atoms with van der Waals surface area (Å²) in [5.74, 6) is -0.340. The van der Waals surface area contributed by atoms with Crippen molar-refractivity contribution in [1.82, 2.24) is 5.32 Å². The molecule has 0 bridgehead atoms. The molecule has 1 unspecified atom stereocenters. The van der Waals surface area contributed by atoms with Crippen LogP contribution >= 0.6 is 11.6 Å². The maximum absolute atomic E-state index is 13.7. The van der Waals surface area contributed by atoms with Gasteiger partial charge in [-0.25, -0.2) is 8.78 Å². The normalized spacial score (nSPS) is 12.2. The van der Waals surface area contributed by atoms with Crippen molar-refractivity contribution in [3.8, 4) is 5.75 Å². The fourth-order valence-corrected chi connectivity index (χ4v) is 2.35. The van der Waals surface area contributed by atoms with Crippen LogP contribution in [0.1, 0.15) is 24.1 Å². The number of hydrogen-bond donors (Lipinski definition) is 1. The first-order valence-corrected chi connectivity index (χ1v) is 6.96. The molecule has 2 aromatic rings. The maximum Gasteiger partial charge on any atom is 0.142 e. The summed E-state index contributed by atoms with van der Waals surface area (Å²) in [4.78, 5) is 0. The van der Waals surface area contributed by atoms with Crippen LogP contribution in [0.2, 0.25) is 5.02 Å². The van der Waals surface area contributed by atoms with E-state index in [-0.39, 0.29) is 16.9 Å². The monoisotopic (exact) mass is 311 g/mol. The smallest absolute Gasteiger partial charge is 0.142 e. The van der Waals surface area contributed by atoms with Crippen LogP contribution in [0.4, 0.5) is 8.78 Å². The van der Waals surface area contributed by atoms with Gasteiger partial charge in [0.25, 0.3) is 0 Å². The Bertz CT molecular complexity index is 634. The van der Waals surface area contributed by atoms with Crippen LogP contribution in [0.15, 0.2) is 36.4 Å². The molecule has 5 heteroatoms. The van der Waals surface area contributed by atoms with Gasteiger partial charge in [-0.05, 0) is 42.4 Å². The lowest BCUT2D eigenvalue weighted by molar-refractivity contribution is 0.402. The number of rotatable bonds is 5. The van der Waals surface area contributed by atoms with Gasteiger partial charge in [-0.15, -0.1) is 0 Å². The molecule has 0 heterocycles. The molecule has 21 heavy (non-hydrogen) atoms. The van der Waals surface area contributed by atoms with Crippen molar-refractivity contribution in [1.29, 1.82) is 0 Å². The van der Waals surface area contributed by atoms with E-state index in [2.05, 4.69) is 5.32 Å². The molecular weight excluding hydrogens is 296 g/mol. The molecule has 2 rings (SSSR count). The molecule has 0 aliphatic rings. The maximum atomic E-state index is 13.7. The fraction of sp³-hybridized carbons (Fsp3) is 0.250. The molecule has 0 aliphatic carbocycles. The average Bonchev–Trinajstić information content (AvgIpc) is 2.48. The van der Waals surface area contributed by atoms with E-state index >= 15 is 0 Å². The van der Waals surface area contributed by atoms with Gasteiger partial charge in [-0.1, -0.05) is 24.6 Å².